The van der Waals surface area contributed by atoms with Crippen LogP contribution >= 0.6 is 11.8 Å². The van der Waals surface area contributed by atoms with Crippen molar-refractivity contribution in [2.75, 3.05) is 0 Å². The molecule has 0 aliphatic carbocycles. The Balaban J connectivity index is 1.92. The Kier molecular flexibility index (Phi) is 4.43. The maximum atomic E-state index is 11.8. The van der Waals surface area contributed by atoms with Crippen molar-refractivity contribution in [3.05, 3.63) is 42.9 Å². The minimum atomic E-state index is -0.878. The Bertz CT molecular complexity index is 895. The maximum Gasteiger partial charge on any atom is 0.318 e. The fraction of sp³-hybridized carbons (Fsp3) is 0.133. The fourth-order valence-electron chi connectivity index (χ4n) is 2.12. The number of nitrogens with zero attached hydrogens (tertiary/aromatic N) is 4. The molecule has 1 aromatic carbocycles. The molecule has 0 saturated carbocycles. The van der Waals surface area contributed by atoms with Crippen LogP contribution in [-0.2, 0) is 4.79 Å². The number of aromatic nitrogens is 4. The van der Waals surface area contributed by atoms with E-state index in [9.17, 15) is 9.59 Å². The molecular weight excluding hydrogens is 328 g/mol. The molecule has 9 heteroatoms. The van der Waals surface area contributed by atoms with Gasteiger partial charge in [-0.1, -0.05) is 30.0 Å². The Morgan fingerprint density at radius 2 is 2.00 bits per heavy atom. The maximum absolute atomic E-state index is 11.8. The van der Waals surface area contributed by atoms with E-state index in [0.29, 0.717) is 10.7 Å². The summed E-state index contributed by atoms with van der Waals surface area (Å²) in [6.45, 7) is 1.67. The van der Waals surface area contributed by atoms with E-state index in [1.807, 2.05) is 30.3 Å². The van der Waals surface area contributed by atoms with Crippen LogP contribution in [0.2, 0.25) is 0 Å². The minimum absolute atomic E-state index is 0.477. The summed E-state index contributed by atoms with van der Waals surface area (Å²) in [5.41, 5.74) is 6.48. The van der Waals surface area contributed by atoms with Crippen LogP contribution in [0.5, 0.6) is 0 Å². The zero-order valence-corrected chi connectivity index (χ0v) is 13.5. The number of para-hydroxylation sites is 1. The van der Waals surface area contributed by atoms with Gasteiger partial charge >= 0.3 is 6.03 Å². The number of urea groups is 1. The molecule has 8 nitrogen and oxygen atoms in total. The SMILES string of the molecule is C[C@H](Sc1ncnc2c1cnn2-c1ccccc1)C(=O)NC(N)=O. The summed E-state index contributed by atoms with van der Waals surface area (Å²) in [5, 5.41) is 7.20. The van der Waals surface area contributed by atoms with Gasteiger partial charge in [0, 0.05) is 0 Å². The number of amides is 3. The summed E-state index contributed by atoms with van der Waals surface area (Å²) < 4.78 is 1.70. The van der Waals surface area contributed by atoms with Gasteiger partial charge in [-0.2, -0.15) is 5.10 Å². The second-order valence-corrected chi connectivity index (χ2v) is 6.25. The first-order chi connectivity index (χ1) is 11.6. The van der Waals surface area contributed by atoms with Crippen LogP contribution in [0.4, 0.5) is 4.79 Å². The molecule has 3 amide bonds. The lowest BCUT2D eigenvalue weighted by Gasteiger charge is -2.09. The lowest BCUT2D eigenvalue weighted by molar-refractivity contribution is -0.119. The van der Waals surface area contributed by atoms with Gasteiger partial charge in [0.2, 0.25) is 5.91 Å². The molecule has 3 aromatic rings. The predicted octanol–water partition coefficient (Wildman–Crippen LogP) is 1.49. The highest BCUT2D eigenvalue weighted by Gasteiger charge is 2.19. The average Bonchev–Trinajstić information content (AvgIpc) is 3.00. The van der Waals surface area contributed by atoms with Gasteiger partial charge in [-0.25, -0.2) is 19.4 Å². The van der Waals surface area contributed by atoms with Gasteiger partial charge in [0.25, 0.3) is 0 Å². The molecule has 122 valence electrons. The van der Waals surface area contributed by atoms with E-state index in [0.717, 1.165) is 11.1 Å². The minimum Gasteiger partial charge on any atom is -0.351 e. The molecule has 0 aliphatic rings. The van der Waals surface area contributed by atoms with E-state index >= 15 is 0 Å². The zero-order valence-electron chi connectivity index (χ0n) is 12.7. The number of rotatable bonds is 4. The molecule has 24 heavy (non-hydrogen) atoms. The van der Waals surface area contributed by atoms with Crippen LogP contribution in [-0.4, -0.2) is 36.9 Å². The highest BCUT2D eigenvalue weighted by molar-refractivity contribution is 8.00. The quantitative estimate of drug-likeness (QED) is 0.548. The van der Waals surface area contributed by atoms with Crippen LogP contribution in [0.3, 0.4) is 0 Å². The Morgan fingerprint density at radius 3 is 2.71 bits per heavy atom. The van der Waals surface area contributed by atoms with Gasteiger partial charge in [-0.15, -0.1) is 0 Å². The summed E-state index contributed by atoms with van der Waals surface area (Å²) in [7, 11) is 0. The molecule has 0 saturated heterocycles. The largest absolute Gasteiger partial charge is 0.351 e. The van der Waals surface area contributed by atoms with Crippen LogP contribution in [0.15, 0.2) is 47.9 Å². The summed E-state index contributed by atoms with van der Waals surface area (Å²) in [5.74, 6) is -0.477. The molecule has 0 aliphatic heterocycles. The summed E-state index contributed by atoms with van der Waals surface area (Å²) in [6.07, 6.45) is 3.08. The third-order valence-electron chi connectivity index (χ3n) is 3.23. The van der Waals surface area contributed by atoms with Crippen molar-refractivity contribution in [1.82, 2.24) is 25.1 Å². The molecule has 3 rings (SSSR count). The van der Waals surface area contributed by atoms with Crippen molar-refractivity contribution < 1.29 is 9.59 Å². The normalized spacial score (nSPS) is 12.0. The summed E-state index contributed by atoms with van der Waals surface area (Å²) in [6, 6.07) is 8.71. The van der Waals surface area contributed by atoms with E-state index in [4.69, 9.17) is 5.73 Å². The monoisotopic (exact) mass is 342 g/mol. The number of nitrogens with one attached hydrogen (secondary N) is 1. The van der Waals surface area contributed by atoms with Gasteiger partial charge in [0.1, 0.15) is 11.4 Å². The van der Waals surface area contributed by atoms with Gasteiger partial charge in [0.15, 0.2) is 5.65 Å². The van der Waals surface area contributed by atoms with E-state index in [1.54, 1.807) is 17.8 Å². The van der Waals surface area contributed by atoms with Crippen LogP contribution in [0.1, 0.15) is 6.92 Å². The van der Waals surface area contributed by atoms with Gasteiger partial charge in [-0.3, -0.25) is 10.1 Å². The number of fused-ring (bicyclic) bond motifs is 1. The van der Waals surface area contributed by atoms with Crippen molar-refractivity contribution in [1.29, 1.82) is 0 Å². The second-order valence-electron chi connectivity index (χ2n) is 4.92. The number of hydrogen-bond donors (Lipinski definition) is 2. The Labute approximate surface area is 141 Å². The highest BCUT2D eigenvalue weighted by atomic mass is 32.2. The molecule has 3 N–H and O–H groups in total. The molecule has 0 fully saturated rings. The van der Waals surface area contributed by atoms with Crippen LogP contribution in [0.25, 0.3) is 16.7 Å². The topological polar surface area (TPSA) is 116 Å². The van der Waals surface area contributed by atoms with Gasteiger partial charge in [-0.05, 0) is 19.1 Å². The highest BCUT2D eigenvalue weighted by Crippen LogP contribution is 2.28. The standard InChI is InChI=1S/C15H14N6O2S/c1-9(13(22)20-15(16)23)24-14-11-7-19-21(12(11)17-8-18-14)10-5-3-2-4-6-10/h2-9H,1H3,(H3,16,20,22,23)/t9-/m0/s1. The van der Waals surface area contributed by atoms with E-state index in [2.05, 4.69) is 20.4 Å². The molecule has 1 atom stereocenters. The zero-order chi connectivity index (χ0) is 17.1. The lowest BCUT2D eigenvalue weighted by atomic mass is 10.3. The molecule has 2 heterocycles. The Hall–Kier alpha value is -2.94. The average molecular weight is 342 g/mol. The van der Waals surface area contributed by atoms with E-state index in [-0.39, 0.29) is 0 Å². The van der Waals surface area contributed by atoms with Crippen molar-refractivity contribution in [2.24, 2.45) is 5.73 Å². The molecule has 0 spiro atoms. The summed E-state index contributed by atoms with van der Waals surface area (Å²) in [4.78, 5) is 31.1. The first-order valence-corrected chi connectivity index (χ1v) is 7.95. The molecular formula is C15H14N6O2S. The number of hydrogen-bond acceptors (Lipinski definition) is 6. The molecule has 2 aromatic heterocycles. The van der Waals surface area contributed by atoms with Crippen LogP contribution < -0.4 is 11.1 Å². The predicted molar refractivity (Wildman–Crippen MR) is 89.7 cm³/mol. The number of nitrogens with two attached hydrogens (primary N) is 1. The third kappa shape index (κ3) is 3.20. The van der Waals surface area contributed by atoms with Gasteiger partial charge in [0.05, 0.1) is 22.5 Å². The molecule has 0 unspecified atom stereocenters. The number of primary amides is 1. The number of carbonyl (C=O) groups is 2. The van der Waals surface area contributed by atoms with Crippen molar-refractivity contribution >= 4 is 34.7 Å². The number of carbonyl (C=O) groups excluding carboxylic acids is 2. The number of thioether (sulfide) groups is 1. The van der Waals surface area contributed by atoms with E-state index in [1.165, 1.54) is 18.1 Å². The van der Waals surface area contributed by atoms with Gasteiger partial charge < -0.3 is 5.73 Å². The lowest BCUT2D eigenvalue weighted by Crippen LogP contribution is -2.39. The third-order valence-corrected chi connectivity index (χ3v) is 4.35. The first kappa shape index (κ1) is 15.9. The van der Waals surface area contributed by atoms with Crippen molar-refractivity contribution in [3.8, 4) is 5.69 Å². The first-order valence-electron chi connectivity index (χ1n) is 7.07. The Morgan fingerprint density at radius 1 is 1.25 bits per heavy atom. The number of imide groups is 1. The number of benzene rings is 1. The second kappa shape index (κ2) is 6.67. The molecule has 0 bridgehead atoms. The van der Waals surface area contributed by atoms with E-state index < -0.39 is 17.2 Å². The van der Waals surface area contributed by atoms with Crippen molar-refractivity contribution in [3.63, 3.8) is 0 Å². The van der Waals surface area contributed by atoms with Crippen LogP contribution in [0, 0.1) is 0 Å². The smallest absolute Gasteiger partial charge is 0.318 e. The van der Waals surface area contributed by atoms with Crippen molar-refractivity contribution in [2.45, 2.75) is 17.2 Å². The fourth-order valence-corrected chi connectivity index (χ4v) is 3.00. The molecule has 0 radical (unpaired) electrons. The summed E-state index contributed by atoms with van der Waals surface area (Å²) >= 11 is 1.21.